The number of aromatic nitrogens is 1. The van der Waals surface area contributed by atoms with Crippen LogP contribution in [-0.4, -0.2) is 21.2 Å². The van der Waals surface area contributed by atoms with Crippen LogP contribution in [0.5, 0.6) is 0 Å². The molecule has 1 aromatic heterocycles. The zero-order valence-corrected chi connectivity index (χ0v) is 16.1. The number of carbonyl (C=O) groups excluding carboxylic acids is 1. The lowest BCUT2D eigenvalue weighted by molar-refractivity contribution is -0.385. The highest BCUT2D eigenvalue weighted by molar-refractivity contribution is 7.99. The monoisotopic (exact) mass is 407 g/mol. The van der Waals surface area contributed by atoms with E-state index in [1.165, 1.54) is 0 Å². The van der Waals surface area contributed by atoms with Gasteiger partial charge in [0, 0.05) is 22.8 Å². The number of pyridine rings is 1. The van der Waals surface area contributed by atoms with Crippen LogP contribution in [0.2, 0.25) is 0 Å². The van der Waals surface area contributed by atoms with E-state index in [9.17, 15) is 19.7 Å². The summed E-state index contributed by atoms with van der Waals surface area (Å²) >= 11 is 1.68. The Morgan fingerprint density at radius 1 is 1.07 bits per heavy atom. The van der Waals surface area contributed by atoms with Crippen LogP contribution in [-0.2, 0) is 11.3 Å². The van der Waals surface area contributed by atoms with E-state index in [1.54, 1.807) is 16.7 Å². The van der Waals surface area contributed by atoms with Gasteiger partial charge in [-0.2, -0.15) is 0 Å². The molecule has 1 amide bonds. The first-order chi connectivity index (χ1) is 14.0. The molecule has 2 heterocycles. The molecular weight excluding hydrogens is 390 g/mol. The first-order valence-corrected chi connectivity index (χ1v) is 9.97. The van der Waals surface area contributed by atoms with Crippen molar-refractivity contribution >= 4 is 29.0 Å². The number of fused-ring (bicyclic) bond motifs is 1. The summed E-state index contributed by atoms with van der Waals surface area (Å²) in [5.74, 6) is 0.380. The standard InChI is InChI=1S/C21H17N3O4S/c25-20-11-10-16(24(27)28)12-22(20)13-21(26)23-17-8-4-5-9-19(17)29-14-18(23)15-6-2-1-3-7-15/h1-12,18H,13-14H2/t18-/m0/s1. The highest BCUT2D eigenvalue weighted by atomic mass is 32.2. The predicted molar refractivity (Wildman–Crippen MR) is 111 cm³/mol. The van der Waals surface area contributed by atoms with Crippen molar-refractivity contribution in [2.75, 3.05) is 10.7 Å². The average Bonchev–Trinajstić information content (AvgIpc) is 2.74. The van der Waals surface area contributed by atoms with Gasteiger partial charge in [0.2, 0.25) is 5.91 Å². The van der Waals surface area contributed by atoms with Crippen molar-refractivity contribution < 1.29 is 9.72 Å². The molecule has 3 aromatic rings. The fourth-order valence-corrected chi connectivity index (χ4v) is 4.56. The number of para-hydroxylation sites is 1. The fourth-order valence-electron chi connectivity index (χ4n) is 3.39. The first kappa shape index (κ1) is 18.9. The van der Waals surface area contributed by atoms with Gasteiger partial charge in [-0.3, -0.25) is 24.3 Å². The van der Waals surface area contributed by atoms with E-state index in [0.717, 1.165) is 39.0 Å². The molecule has 0 N–H and O–H groups in total. The molecule has 0 bridgehead atoms. The molecule has 1 atom stereocenters. The number of hydrogen-bond donors (Lipinski definition) is 0. The number of nitro groups is 1. The second-order valence-electron chi connectivity index (χ2n) is 6.58. The number of anilines is 1. The van der Waals surface area contributed by atoms with Crippen molar-refractivity contribution in [3.63, 3.8) is 0 Å². The zero-order chi connectivity index (χ0) is 20.4. The van der Waals surface area contributed by atoms with Gasteiger partial charge in [-0.25, -0.2) is 0 Å². The van der Waals surface area contributed by atoms with Crippen LogP contribution in [0.4, 0.5) is 11.4 Å². The van der Waals surface area contributed by atoms with Gasteiger partial charge in [0.1, 0.15) is 6.54 Å². The minimum Gasteiger partial charge on any atom is -0.301 e. The second kappa shape index (κ2) is 7.92. The van der Waals surface area contributed by atoms with Gasteiger partial charge in [0.05, 0.1) is 22.8 Å². The summed E-state index contributed by atoms with van der Waals surface area (Å²) in [5, 5.41) is 11.0. The number of thioether (sulfide) groups is 1. The summed E-state index contributed by atoms with van der Waals surface area (Å²) in [5.41, 5.74) is 1.09. The Bertz CT molecular complexity index is 1130. The van der Waals surface area contributed by atoms with E-state index in [0.29, 0.717) is 5.75 Å². The van der Waals surface area contributed by atoms with Gasteiger partial charge in [-0.05, 0) is 17.7 Å². The van der Waals surface area contributed by atoms with E-state index in [4.69, 9.17) is 0 Å². The van der Waals surface area contributed by atoms with E-state index >= 15 is 0 Å². The summed E-state index contributed by atoms with van der Waals surface area (Å²) in [4.78, 5) is 38.7. The third-order valence-electron chi connectivity index (χ3n) is 4.77. The van der Waals surface area contributed by atoms with Crippen LogP contribution in [0.15, 0.2) is 82.6 Å². The molecule has 1 aliphatic heterocycles. The molecule has 0 aliphatic carbocycles. The molecule has 0 unspecified atom stereocenters. The van der Waals surface area contributed by atoms with Crippen LogP contribution in [0, 0.1) is 10.1 Å². The lowest BCUT2D eigenvalue weighted by atomic mass is 10.1. The Labute approximate surface area is 170 Å². The molecule has 0 saturated heterocycles. The zero-order valence-electron chi connectivity index (χ0n) is 15.3. The number of carbonyl (C=O) groups is 1. The number of amides is 1. The Balaban J connectivity index is 1.73. The topological polar surface area (TPSA) is 85.5 Å². The van der Waals surface area contributed by atoms with E-state index < -0.39 is 10.5 Å². The summed E-state index contributed by atoms with van der Waals surface area (Å²) in [6, 6.07) is 19.4. The van der Waals surface area contributed by atoms with Crippen molar-refractivity contribution in [3.8, 4) is 0 Å². The van der Waals surface area contributed by atoms with E-state index in [-0.39, 0.29) is 24.2 Å². The van der Waals surface area contributed by atoms with Gasteiger partial charge in [0.15, 0.2) is 0 Å². The quantitative estimate of drug-likeness (QED) is 0.487. The first-order valence-electron chi connectivity index (χ1n) is 8.98. The molecule has 0 fully saturated rings. The molecule has 1 aliphatic rings. The molecule has 8 heteroatoms. The fraction of sp³-hybridized carbons (Fsp3) is 0.143. The van der Waals surface area contributed by atoms with Crippen molar-refractivity contribution in [2.45, 2.75) is 17.5 Å². The Hall–Kier alpha value is -3.39. The molecule has 7 nitrogen and oxygen atoms in total. The summed E-state index contributed by atoms with van der Waals surface area (Å²) < 4.78 is 1.09. The maximum Gasteiger partial charge on any atom is 0.285 e. The molecule has 0 radical (unpaired) electrons. The Morgan fingerprint density at radius 3 is 2.55 bits per heavy atom. The third kappa shape index (κ3) is 3.79. The lowest BCUT2D eigenvalue weighted by Crippen LogP contribution is -2.41. The Kier molecular flexibility index (Phi) is 5.18. The van der Waals surface area contributed by atoms with E-state index in [1.807, 2.05) is 54.6 Å². The van der Waals surface area contributed by atoms with E-state index in [2.05, 4.69) is 0 Å². The molecule has 0 saturated carbocycles. The van der Waals surface area contributed by atoms with Gasteiger partial charge in [-0.15, -0.1) is 11.8 Å². The second-order valence-corrected chi connectivity index (χ2v) is 7.64. The minimum atomic E-state index is -0.583. The molecule has 146 valence electrons. The predicted octanol–water partition coefficient (Wildman–Crippen LogP) is 3.64. The highest BCUT2D eigenvalue weighted by Gasteiger charge is 2.32. The number of nitrogens with zero attached hydrogens (tertiary/aromatic N) is 3. The number of rotatable bonds is 4. The summed E-state index contributed by atoms with van der Waals surface area (Å²) in [6.07, 6.45) is 1.11. The molecule has 2 aromatic carbocycles. The average molecular weight is 407 g/mol. The summed E-state index contributed by atoms with van der Waals surface area (Å²) in [7, 11) is 0. The van der Waals surface area contributed by atoms with Crippen molar-refractivity contribution in [1.82, 2.24) is 4.57 Å². The number of benzene rings is 2. The molecule has 4 rings (SSSR count). The third-order valence-corrected chi connectivity index (χ3v) is 5.91. The van der Waals surface area contributed by atoms with Crippen molar-refractivity contribution in [3.05, 3.63) is 99.0 Å². The number of hydrogen-bond acceptors (Lipinski definition) is 5. The minimum absolute atomic E-state index is 0.196. The van der Waals surface area contributed by atoms with Crippen LogP contribution < -0.4 is 10.5 Å². The normalized spacial score (nSPS) is 15.6. The maximum absolute atomic E-state index is 13.3. The molecular formula is C21H17N3O4S. The van der Waals surface area contributed by atoms with Crippen molar-refractivity contribution in [2.24, 2.45) is 0 Å². The maximum atomic E-state index is 13.3. The van der Waals surface area contributed by atoms with Crippen LogP contribution >= 0.6 is 11.8 Å². The largest absolute Gasteiger partial charge is 0.301 e. The Morgan fingerprint density at radius 2 is 1.79 bits per heavy atom. The SMILES string of the molecule is O=C(Cn1cc([N+](=O)[O-])ccc1=O)N1c2ccccc2SC[C@H]1c1ccccc1. The lowest BCUT2D eigenvalue weighted by Gasteiger charge is -2.37. The molecule has 0 spiro atoms. The van der Waals surface area contributed by atoms with Gasteiger partial charge in [-0.1, -0.05) is 42.5 Å². The van der Waals surface area contributed by atoms with Crippen LogP contribution in [0.25, 0.3) is 0 Å². The smallest absolute Gasteiger partial charge is 0.285 e. The highest BCUT2D eigenvalue weighted by Crippen LogP contribution is 2.43. The summed E-state index contributed by atoms with van der Waals surface area (Å²) in [6.45, 7) is -0.275. The van der Waals surface area contributed by atoms with Gasteiger partial charge in [0.25, 0.3) is 11.2 Å². The van der Waals surface area contributed by atoms with Crippen LogP contribution in [0.1, 0.15) is 11.6 Å². The van der Waals surface area contributed by atoms with Crippen LogP contribution in [0.3, 0.4) is 0 Å². The van der Waals surface area contributed by atoms with Gasteiger partial charge < -0.3 is 4.90 Å². The van der Waals surface area contributed by atoms with Gasteiger partial charge >= 0.3 is 0 Å². The molecule has 29 heavy (non-hydrogen) atoms. The van der Waals surface area contributed by atoms with Crippen molar-refractivity contribution in [1.29, 1.82) is 0 Å².